The van der Waals surface area contributed by atoms with E-state index in [0.717, 1.165) is 30.0 Å². The van der Waals surface area contributed by atoms with Crippen molar-refractivity contribution in [1.82, 2.24) is 19.7 Å². The lowest BCUT2D eigenvalue weighted by molar-refractivity contribution is 0.544. The van der Waals surface area contributed by atoms with Gasteiger partial charge in [-0.3, -0.25) is 4.68 Å². The maximum absolute atomic E-state index is 4.28. The van der Waals surface area contributed by atoms with Gasteiger partial charge < -0.3 is 5.32 Å². The highest BCUT2D eigenvalue weighted by atomic mass is 15.3. The van der Waals surface area contributed by atoms with Crippen molar-refractivity contribution in [3.8, 4) is 0 Å². The zero-order chi connectivity index (χ0) is 13.0. The monoisotopic (exact) mass is 245 g/mol. The lowest BCUT2D eigenvalue weighted by atomic mass is 10.2. The molecule has 0 radical (unpaired) electrons. The fraction of sp³-hybridized carbons (Fsp3) is 0.462. The zero-order valence-electron chi connectivity index (χ0n) is 11.1. The average molecular weight is 245 g/mol. The van der Waals surface area contributed by atoms with Gasteiger partial charge in [0.05, 0.1) is 0 Å². The molecule has 0 saturated heterocycles. The summed E-state index contributed by atoms with van der Waals surface area (Å²) in [6.07, 6.45) is 6.39. The van der Waals surface area contributed by atoms with Crippen molar-refractivity contribution in [2.24, 2.45) is 0 Å². The number of anilines is 1. The van der Waals surface area contributed by atoms with E-state index in [1.165, 1.54) is 0 Å². The molecule has 0 aliphatic heterocycles. The van der Waals surface area contributed by atoms with Gasteiger partial charge in [0.1, 0.15) is 12.1 Å². The molecule has 0 saturated carbocycles. The molecule has 2 aromatic rings. The van der Waals surface area contributed by atoms with Crippen LogP contribution < -0.4 is 5.32 Å². The van der Waals surface area contributed by atoms with Crippen molar-refractivity contribution in [3.05, 3.63) is 36.0 Å². The summed E-state index contributed by atoms with van der Waals surface area (Å²) in [7, 11) is 0. The predicted octanol–water partition coefficient (Wildman–Crippen LogP) is 2.18. The Morgan fingerprint density at radius 2 is 2.17 bits per heavy atom. The third kappa shape index (κ3) is 3.06. The highest BCUT2D eigenvalue weighted by Crippen LogP contribution is 2.14. The minimum absolute atomic E-state index is 0.349. The Bertz CT molecular complexity index is 492. The first kappa shape index (κ1) is 12.5. The average Bonchev–Trinajstić information content (AvgIpc) is 2.86. The number of rotatable bonds is 5. The van der Waals surface area contributed by atoms with Crippen LogP contribution in [0.15, 0.2) is 24.8 Å². The second kappa shape index (κ2) is 5.62. The number of nitrogens with zero attached hydrogens (tertiary/aromatic N) is 4. The van der Waals surface area contributed by atoms with Crippen molar-refractivity contribution in [2.75, 3.05) is 5.32 Å². The molecule has 0 fully saturated rings. The van der Waals surface area contributed by atoms with Crippen molar-refractivity contribution in [2.45, 2.75) is 39.8 Å². The molecule has 96 valence electrons. The van der Waals surface area contributed by atoms with Gasteiger partial charge in [0.15, 0.2) is 0 Å². The molecule has 0 bridgehead atoms. The highest BCUT2D eigenvalue weighted by molar-refractivity contribution is 5.45. The zero-order valence-corrected chi connectivity index (χ0v) is 11.1. The van der Waals surface area contributed by atoms with E-state index in [2.05, 4.69) is 27.3 Å². The Morgan fingerprint density at radius 3 is 2.89 bits per heavy atom. The first-order chi connectivity index (χ1) is 8.66. The molecular formula is C13H19N5. The minimum atomic E-state index is 0.349. The Hall–Kier alpha value is -1.91. The van der Waals surface area contributed by atoms with Crippen molar-refractivity contribution in [1.29, 1.82) is 0 Å². The van der Waals surface area contributed by atoms with E-state index >= 15 is 0 Å². The number of hydrogen-bond acceptors (Lipinski definition) is 4. The molecule has 5 heteroatoms. The molecule has 1 unspecified atom stereocenters. The molecular weight excluding hydrogens is 226 g/mol. The van der Waals surface area contributed by atoms with Crippen LogP contribution in [0.4, 0.5) is 5.82 Å². The molecule has 0 spiro atoms. The number of aryl methyl sites for hydroxylation is 2. The van der Waals surface area contributed by atoms with Gasteiger partial charge in [0, 0.05) is 36.2 Å². The SMILES string of the molecule is Cc1ncnc(NC(C)CCn2cccn2)c1C. The van der Waals surface area contributed by atoms with E-state index in [-0.39, 0.29) is 0 Å². The normalized spacial score (nSPS) is 12.4. The molecule has 2 aromatic heterocycles. The molecule has 1 atom stereocenters. The van der Waals surface area contributed by atoms with E-state index < -0.39 is 0 Å². The van der Waals surface area contributed by atoms with Gasteiger partial charge in [-0.2, -0.15) is 5.10 Å². The van der Waals surface area contributed by atoms with E-state index in [9.17, 15) is 0 Å². The van der Waals surface area contributed by atoms with Crippen LogP contribution in [-0.2, 0) is 6.54 Å². The second-order valence-electron chi connectivity index (χ2n) is 4.54. The van der Waals surface area contributed by atoms with Crippen LogP contribution in [0.25, 0.3) is 0 Å². The molecule has 0 aliphatic rings. The van der Waals surface area contributed by atoms with Crippen molar-refractivity contribution >= 4 is 5.82 Å². The Balaban J connectivity index is 1.90. The molecule has 0 aromatic carbocycles. The second-order valence-corrected chi connectivity index (χ2v) is 4.54. The molecule has 2 heterocycles. The smallest absolute Gasteiger partial charge is 0.132 e. The standard InChI is InChI=1S/C13H19N5/c1-10(5-8-18-7-4-6-16-18)17-13-11(2)12(3)14-9-15-13/h4,6-7,9-10H,5,8H2,1-3H3,(H,14,15,17). The summed E-state index contributed by atoms with van der Waals surface area (Å²) in [5.41, 5.74) is 2.13. The summed E-state index contributed by atoms with van der Waals surface area (Å²) >= 11 is 0. The quantitative estimate of drug-likeness (QED) is 0.877. The van der Waals surface area contributed by atoms with E-state index in [0.29, 0.717) is 6.04 Å². The van der Waals surface area contributed by atoms with Gasteiger partial charge in [-0.25, -0.2) is 9.97 Å². The fourth-order valence-corrected chi connectivity index (χ4v) is 1.75. The highest BCUT2D eigenvalue weighted by Gasteiger charge is 2.07. The van der Waals surface area contributed by atoms with Crippen LogP contribution in [0, 0.1) is 13.8 Å². The number of hydrogen-bond donors (Lipinski definition) is 1. The summed E-state index contributed by atoms with van der Waals surface area (Å²) in [5, 5.41) is 7.61. The summed E-state index contributed by atoms with van der Waals surface area (Å²) in [4.78, 5) is 8.45. The van der Waals surface area contributed by atoms with Gasteiger partial charge in [0.2, 0.25) is 0 Å². The van der Waals surface area contributed by atoms with Crippen LogP contribution in [0.3, 0.4) is 0 Å². The molecule has 0 aliphatic carbocycles. The number of aromatic nitrogens is 4. The van der Waals surface area contributed by atoms with Gasteiger partial charge in [-0.05, 0) is 33.3 Å². The molecule has 5 nitrogen and oxygen atoms in total. The van der Waals surface area contributed by atoms with Gasteiger partial charge >= 0.3 is 0 Å². The Morgan fingerprint density at radius 1 is 1.33 bits per heavy atom. The lowest BCUT2D eigenvalue weighted by Crippen LogP contribution is -2.19. The molecule has 1 N–H and O–H groups in total. The van der Waals surface area contributed by atoms with Crippen LogP contribution in [0.1, 0.15) is 24.6 Å². The molecule has 18 heavy (non-hydrogen) atoms. The molecule has 0 amide bonds. The van der Waals surface area contributed by atoms with Crippen LogP contribution in [0.5, 0.6) is 0 Å². The van der Waals surface area contributed by atoms with E-state index in [1.54, 1.807) is 12.5 Å². The third-order valence-electron chi connectivity index (χ3n) is 3.07. The lowest BCUT2D eigenvalue weighted by Gasteiger charge is -2.16. The van der Waals surface area contributed by atoms with Gasteiger partial charge in [-0.15, -0.1) is 0 Å². The minimum Gasteiger partial charge on any atom is -0.367 e. The summed E-state index contributed by atoms with van der Waals surface area (Å²) < 4.78 is 1.94. The topological polar surface area (TPSA) is 55.6 Å². The summed E-state index contributed by atoms with van der Waals surface area (Å²) in [6.45, 7) is 7.10. The predicted molar refractivity (Wildman–Crippen MR) is 71.4 cm³/mol. The Kier molecular flexibility index (Phi) is 3.92. The van der Waals surface area contributed by atoms with Gasteiger partial charge in [-0.1, -0.05) is 0 Å². The number of nitrogens with one attached hydrogen (secondary N) is 1. The molecule has 2 rings (SSSR count). The summed E-state index contributed by atoms with van der Waals surface area (Å²) in [5.74, 6) is 0.926. The van der Waals surface area contributed by atoms with Crippen LogP contribution in [-0.4, -0.2) is 25.8 Å². The van der Waals surface area contributed by atoms with Crippen molar-refractivity contribution < 1.29 is 0 Å². The third-order valence-corrected chi connectivity index (χ3v) is 3.07. The van der Waals surface area contributed by atoms with Gasteiger partial charge in [0.25, 0.3) is 0 Å². The van der Waals surface area contributed by atoms with E-state index in [1.807, 2.05) is 30.8 Å². The largest absolute Gasteiger partial charge is 0.367 e. The maximum Gasteiger partial charge on any atom is 0.132 e. The fourth-order valence-electron chi connectivity index (χ4n) is 1.75. The summed E-state index contributed by atoms with van der Waals surface area (Å²) in [6, 6.07) is 2.29. The maximum atomic E-state index is 4.28. The van der Waals surface area contributed by atoms with E-state index in [4.69, 9.17) is 0 Å². The first-order valence-electron chi connectivity index (χ1n) is 6.19. The van der Waals surface area contributed by atoms with Crippen LogP contribution in [0.2, 0.25) is 0 Å². The van der Waals surface area contributed by atoms with Crippen LogP contribution >= 0.6 is 0 Å². The van der Waals surface area contributed by atoms with Crippen molar-refractivity contribution in [3.63, 3.8) is 0 Å². The first-order valence-corrected chi connectivity index (χ1v) is 6.19. The Labute approximate surface area is 107 Å².